The third-order valence-corrected chi connectivity index (χ3v) is 3.59. The Morgan fingerprint density at radius 3 is 2.76 bits per heavy atom. The fraction of sp³-hybridized carbons (Fsp3) is 0.200. The second kappa shape index (κ2) is 6.99. The van der Waals surface area contributed by atoms with Crippen LogP contribution in [0.1, 0.15) is 17.3 Å². The van der Waals surface area contributed by atoms with Crippen molar-refractivity contribution in [2.75, 3.05) is 11.6 Å². The second-order valence-electron chi connectivity index (χ2n) is 4.43. The number of furan rings is 1. The maximum Gasteiger partial charge on any atom is 0.255 e. The summed E-state index contributed by atoms with van der Waals surface area (Å²) in [4.78, 5) is 24.9. The first-order valence-electron chi connectivity index (χ1n) is 6.38. The van der Waals surface area contributed by atoms with E-state index in [1.165, 1.54) is 12.5 Å². The summed E-state index contributed by atoms with van der Waals surface area (Å²) in [5, 5.41) is 5.39. The van der Waals surface area contributed by atoms with Gasteiger partial charge >= 0.3 is 0 Å². The number of anilines is 1. The first-order chi connectivity index (χ1) is 10.1. The maximum atomic E-state index is 12.1. The van der Waals surface area contributed by atoms with Crippen molar-refractivity contribution >= 4 is 29.3 Å². The van der Waals surface area contributed by atoms with Crippen LogP contribution in [0.3, 0.4) is 0 Å². The average molecular weight is 304 g/mol. The van der Waals surface area contributed by atoms with Crippen LogP contribution < -0.4 is 10.6 Å². The number of hydrogen-bond acceptors (Lipinski definition) is 4. The number of carbonyl (C=O) groups is 2. The average Bonchev–Trinajstić information content (AvgIpc) is 3.01. The maximum absolute atomic E-state index is 12.1. The summed E-state index contributed by atoms with van der Waals surface area (Å²) < 4.78 is 4.84. The van der Waals surface area contributed by atoms with Gasteiger partial charge in [0.05, 0.1) is 11.8 Å². The fourth-order valence-electron chi connectivity index (χ4n) is 1.69. The molecule has 0 bridgehead atoms. The summed E-state index contributed by atoms with van der Waals surface area (Å²) in [7, 11) is 0. The highest BCUT2D eigenvalue weighted by Crippen LogP contribution is 2.19. The Balaban J connectivity index is 1.94. The minimum atomic E-state index is -0.648. The number of amides is 2. The van der Waals surface area contributed by atoms with Crippen LogP contribution in [0, 0.1) is 0 Å². The number of carbonyl (C=O) groups excluding carboxylic acids is 2. The van der Waals surface area contributed by atoms with Gasteiger partial charge in [-0.15, -0.1) is 11.8 Å². The van der Waals surface area contributed by atoms with Gasteiger partial charge in [0.1, 0.15) is 12.3 Å². The molecule has 1 unspecified atom stereocenters. The molecule has 0 spiro atoms. The quantitative estimate of drug-likeness (QED) is 0.833. The van der Waals surface area contributed by atoms with Crippen molar-refractivity contribution in [3.05, 3.63) is 48.4 Å². The van der Waals surface area contributed by atoms with Crippen molar-refractivity contribution in [3.63, 3.8) is 0 Å². The molecular formula is C15H16N2O3S. The lowest BCUT2D eigenvalue weighted by molar-refractivity contribution is -0.117. The lowest BCUT2D eigenvalue weighted by Crippen LogP contribution is -2.41. The number of hydrogen-bond donors (Lipinski definition) is 2. The Hall–Kier alpha value is -2.21. The fourth-order valence-corrected chi connectivity index (χ4v) is 2.15. The smallest absolute Gasteiger partial charge is 0.255 e. The molecule has 6 heteroatoms. The molecule has 1 aromatic heterocycles. The van der Waals surface area contributed by atoms with Gasteiger partial charge in [-0.3, -0.25) is 9.59 Å². The Labute approximate surface area is 127 Å². The van der Waals surface area contributed by atoms with E-state index in [9.17, 15) is 9.59 Å². The molecule has 2 amide bonds. The van der Waals surface area contributed by atoms with Crippen LogP contribution in [0.4, 0.5) is 5.69 Å². The van der Waals surface area contributed by atoms with Crippen molar-refractivity contribution in [1.29, 1.82) is 0 Å². The predicted molar refractivity (Wildman–Crippen MR) is 82.5 cm³/mol. The molecule has 21 heavy (non-hydrogen) atoms. The molecule has 2 N–H and O–H groups in total. The normalized spacial score (nSPS) is 11.7. The lowest BCUT2D eigenvalue weighted by Gasteiger charge is -2.14. The summed E-state index contributed by atoms with van der Waals surface area (Å²) in [6, 6.07) is 8.42. The molecule has 2 aromatic rings. The lowest BCUT2D eigenvalue weighted by atomic mass is 10.2. The molecule has 1 heterocycles. The van der Waals surface area contributed by atoms with Crippen LogP contribution in [0.2, 0.25) is 0 Å². The van der Waals surface area contributed by atoms with Gasteiger partial charge in [-0.25, -0.2) is 0 Å². The monoisotopic (exact) mass is 304 g/mol. The van der Waals surface area contributed by atoms with Crippen molar-refractivity contribution in [2.24, 2.45) is 0 Å². The molecule has 2 rings (SSSR count). The topological polar surface area (TPSA) is 71.3 Å². The SMILES string of the molecule is CSc1cccc(NC(=O)C(C)NC(=O)c2ccoc2)c1. The number of thioether (sulfide) groups is 1. The van der Waals surface area contributed by atoms with E-state index in [-0.39, 0.29) is 11.8 Å². The van der Waals surface area contributed by atoms with Gasteiger partial charge in [-0.1, -0.05) is 6.07 Å². The Morgan fingerprint density at radius 2 is 2.10 bits per heavy atom. The van der Waals surface area contributed by atoms with Gasteiger partial charge in [0.15, 0.2) is 0 Å². The number of nitrogens with one attached hydrogen (secondary N) is 2. The molecule has 110 valence electrons. The van der Waals surface area contributed by atoms with E-state index in [0.29, 0.717) is 11.3 Å². The van der Waals surface area contributed by atoms with Gasteiger partial charge in [-0.05, 0) is 37.4 Å². The van der Waals surface area contributed by atoms with E-state index in [4.69, 9.17) is 4.42 Å². The summed E-state index contributed by atoms with van der Waals surface area (Å²) in [6.07, 6.45) is 4.71. The van der Waals surface area contributed by atoms with Crippen molar-refractivity contribution in [2.45, 2.75) is 17.9 Å². The highest BCUT2D eigenvalue weighted by atomic mass is 32.2. The summed E-state index contributed by atoms with van der Waals surface area (Å²) in [5.41, 5.74) is 1.09. The Morgan fingerprint density at radius 1 is 1.29 bits per heavy atom. The predicted octanol–water partition coefficient (Wildman–Crippen LogP) is 2.76. The molecule has 1 atom stereocenters. The molecule has 0 saturated carbocycles. The van der Waals surface area contributed by atoms with Crippen LogP contribution in [0.5, 0.6) is 0 Å². The standard InChI is InChI=1S/C15H16N2O3S/c1-10(16-15(19)11-6-7-20-9-11)14(18)17-12-4-3-5-13(8-12)21-2/h3-10H,1-2H3,(H,16,19)(H,17,18). The summed E-state index contributed by atoms with van der Waals surface area (Å²) in [6.45, 7) is 1.63. The highest BCUT2D eigenvalue weighted by Gasteiger charge is 2.17. The minimum absolute atomic E-state index is 0.273. The molecule has 0 radical (unpaired) electrons. The van der Waals surface area contributed by atoms with Crippen LogP contribution in [0.25, 0.3) is 0 Å². The molecule has 5 nitrogen and oxygen atoms in total. The first kappa shape index (κ1) is 15.2. The Kier molecular flexibility index (Phi) is 5.05. The second-order valence-corrected chi connectivity index (χ2v) is 5.31. The van der Waals surface area contributed by atoms with E-state index in [2.05, 4.69) is 10.6 Å². The summed E-state index contributed by atoms with van der Waals surface area (Å²) >= 11 is 1.60. The zero-order chi connectivity index (χ0) is 15.2. The third kappa shape index (κ3) is 4.13. The zero-order valence-electron chi connectivity index (χ0n) is 11.8. The molecule has 0 aliphatic carbocycles. The minimum Gasteiger partial charge on any atom is -0.472 e. The van der Waals surface area contributed by atoms with Crippen molar-refractivity contribution < 1.29 is 14.0 Å². The van der Waals surface area contributed by atoms with Gasteiger partial charge in [-0.2, -0.15) is 0 Å². The highest BCUT2D eigenvalue weighted by molar-refractivity contribution is 7.98. The van der Waals surface area contributed by atoms with Crippen LogP contribution >= 0.6 is 11.8 Å². The van der Waals surface area contributed by atoms with Crippen LogP contribution in [0.15, 0.2) is 52.2 Å². The molecule has 0 aliphatic rings. The van der Waals surface area contributed by atoms with E-state index < -0.39 is 6.04 Å². The van der Waals surface area contributed by atoms with E-state index >= 15 is 0 Å². The largest absolute Gasteiger partial charge is 0.472 e. The van der Waals surface area contributed by atoms with Gasteiger partial charge in [0.25, 0.3) is 5.91 Å². The zero-order valence-corrected chi connectivity index (χ0v) is 12.6. The molecule has 0 aliphatic heterocycles. The van der Waals surface area contributed by atoms with Crippen molar-refractivity contribution in [1.82, 2.24) is 5.32 Å². The Bertz CT molecular complexity index is 626. The number of benzene rings is 1. The molecule has 0 saturated heterocycles. The van der Waals surface area contributed by atoms with Crippen LogP contribution in [-0.2, 0) is 4.79 Å². The number of rotatable bonds is 5. The molecule has 0 fully saturated rings. The van der Waals surface area contributed by atoms with E-state index in [1.807, 2.05) is 30.5 Å². The molecule has 1 aromatic carbocycles. The molecular weight excluding hydrogens is 288 g/mol. The summed E-state index contributed by atoms with van der Waals surface area (Å²) in [5.74, 6) is -0.616. The third-order valence-electron chi connectivity index (χ3n) is 2.86. The first-order valence-corrected chi connectivity index (χ1v) is 7.60. The van der Waals surface area contributed by atoms with Gasteiger partial charge < -0.3 is 15.1 Å². The van der Waals surface area contributed by atoms with Gasteiger partial charge in [0.2, 0.25) is 5.91 Å². The van der Waals surface area contributed by atoms with E-state index in [0.717, 1.165) is 4.90 Å². The van der Waals surface area contributed by atoms with Crippen molar-refractivity contribution in [3.8, 4) is 0 Å². The van der Waals surface area contributed by atoms with E-state index in [1.54, 1.807) is 24.8 Å². The van der Waals surface area contributed by atoms with Gasteiger partial charge in [0, 0.05) is 10.6 Å². The van der Waals surface area contributed by atoms with Crippen LogP contribution in [-0.4, -0.2) is 24.1 Å².